The minimum atomic E-state index is -4.07. The summed E-state index contributed by atoms with van der Waals surface area (Å²) in [5.41, 5.74) is 0.407. The molecule has 1 atom stereocenters. The first-order valence-electron chi connectivity index (χ1n) is 14.1. The molecular weight excluding hydrogens is 600 g/mol. The molecule has 0 radical (unpaired) electrons. The Labute approximate surface area is 249 Å². The average molecular weight is 628 g/mol. The summed E-state index contributed by atoms with van der Waals surface area (Å²) in [6.07, 6.45) is 2.62. The number of aromatic nitrogens is 5. The number of piperidine rings is 1. The lowest BCUT2D eigenvalue weighted by Gasteiger charge is -2.33. The summed E-state index contributed by atoms with van der Waals surface area (Å²) >= 11 is 0.694. The van der Waals surface area contributed by atoms with Crippen molar-refractivity contribution in [3.8, 4) is 11.2 Å². The van der Waals surface area contributed by atoms with Gasteiger partial charge in [0.1, 0.15) is 11.9 Å². The third-order valence-electron chi connectivity index (χ3n) is 8.51. The highest BCUT2D eigenvalue weighted by molar-refractivity contribution is 7.89. The molecule has 224 valence electrons. The molecule has 3 aromatic heterocycles. The highest BCUT2D eigenvalue weighted by Crippen LogP contribution is 2.41. The monoisotopic (exact) mass is 627 g/mol. The second kappa shape index (κ2) is 10.5. The maximum absolute atomic E-state index is 13.5. The number of rotatable bonds is 7. The maximum atomic E-state index is 13.5. The van der Waals surface area contributed by atoms with E-state index >= 15 is 0 Å². The summed E-state index contributed by atoms with van der Waals surface area (Å²) in [6.45, 7) is 2.00. The largest absolute Gasteiger partial charge is 0.341 e. The number of amides is 1. The molecule has 4 aromatic rings. The van der Waals surface area contributed by atoms with Gasteiger partial charge in [0.05, 0.1) is 28.2 Å². The molecule has 7 rings (SSSR count). The van der Waals surface area contributed by atoms with Crippen molar-refractivity contribution in [1.29, 1.82) is 5.26 Å². The Bertz CT molecular complexity index is 1880. The summed E-state index contributed by atoms with van der Waals surface area (Å²) < 4.78 is 57.6. The lowest BCUT2D eigenvalue weighted by molar-refractivity contribution is -0.134. The lowest BCUT2D eigenvalue weighted by Crippen LogP contribution is -2.46. The summed E-state index contributed by atoms with van der Waals surface area (Å²) in [7, 11) is -4.07. The van der Waals surface area contributed by atoms with Crippen molar-refractivity contribution in [3.63, 3.8) is 0 Å². The second-order valence-electron chi connectivity index (χ2n) is 11.2. The summed E-state index contributed by atoms with van der Waals surface area (Å²) in [5, 5.41) is 21.3. The first-order chi connectivity index (χ1) is 20.7. The fraction of sp³-hybridized carbons (Fsp3) is 0.481. The molecule has 0 bridgehead atoms. The van der Waals surface area contributed by atoms with Gasteiger partial charge in [-0.1, -0.05) is 17.4 Å². The average Bonchev–Trinajstić information content (AvgIpc) is 3.39. The van der Waals surface area contributed by atoms with Gasteiger partial charge in [-0.3, -0.25) is 9.36 Å². The van der Waals surface area contributed by atoms with E-state index in [4.69, 9.17) is 0 Å². The molecule has 0 unspecified atom stereocenters. The van der Waals surface area contributed by atoms with Crippen molar-refractivity contribution in [2.75, 3.05) is 19.6 Å². The van der Waals surface area contributed by atoms with Gasteiger partial charge in [0.15, 0.2) is 10.7 Å². The number of hydrogen-bond acceptors (Lipinski definition) is 10. The topological polar surface area (TPSA) is 159 Å². The third kappa shape index (κ3) is 4.93. The van der Waals surface area contributed by atoms with Gasteiger partial charge in [-0.05, 0) is 57.2 Å². The van der Waals surface area contributed by atoms with E-state index in [1.807, 2.05) is 11.0 Å². The number of alkyl halides is 2. The van der Waals surface area contributed by atoms with Crippen LogP contribution in [0, 0.1) is 11.3 Å². The fourth-order valence-corrected chi connectivity index (χ4v) is 8.19. The molecule has 2 saturated heterocycles. The first-order valence-corrected chi connectivity index (χ1v) is 16.4. The van der Waals surface area contributed by atoms with Crippen LogP contribution in [0.25, 0.3) is 27.1 Å². The molecular formula is C27H27F2N9O3S2. The molecule has 2 N–H and O–H groups in total. The number of halogens is 2. The Kier molecular flexibility index (Phi) is 6.88. The van der Waals surface area contributed by atoms with E-state index in [1.54, 1.807) is 10.6 Å². The van der Waals surface area contributed by atoms with Gasteiger partial charge < -0.3 is 10.2 Å². The maximum Gasteiger partial charge on any atom is 0.291 e. The third-order valence-corrected chi connectivity index (χ3v) is 11.0. The minimum Gasteiger partial charge on any atom is -0.341 e. The number of carbonyl (C=O) groups is 1. The van der Waals surface area contributed by atoms with Crippen LogP contribution in [0.2, 0.25) is 0 Å². The first kappa shape index (κ1) is 28.1. The molecule has 16 heteroatoms. The van der Waals surface area contributed by atoms with Crippen LogP contribution in [0.1, 0.15) is 61.6 Å². The van der Waals surface area contributed by atoms with Crippen LogP contribution in [-0.4, -0.2) is 75.2 Å². The number of sulfonamides is 1. The minimum absolute atomic E-state index is 0.00777. The molecule has 1 amide bonds. The van der Waals surface area contributed by atoms with Crippen molar-refractivity contribution in [3.05, 3.63) is 35.2 Å². The van der Waals surface area contributed by atoms with Crippen LogP contribution >= 0.6 is 11.3 Å². The summed E-state index contributed by atoms with van der Waals surface area (Å²) in [4.78, 5) is 23.9. The van der Waals surface area contributed by atoms with Crippen LogP contribution in [-0.2, 0) is 14.8 Å². The zero-order valence-corrected chi connectivity index (χ0v) is 24.5. The number of nitrogens with one attached hydrogen (secondary N) is 2. The van der Waals surface area contributed by atoms with E-state index in [2.05, 4.69) is 30.2 Å². The number of hydrogen-bond donors (Lipinski definition) is 2. The predicted molar refractivity (Wildman–Crippen MR) is 152 cm³/mol. The SMILES string of the molecule is N#CC1(NS(=O)(=O)c2ccc3c4c(C5CCN(C(=O)[C@@H]6CCCN6)CC5)ncnc4n(-c4nnc(C(F)F)s4)c3c2)CC1. The van der Waals surface area contributed by atoms with E-state index in [0.717, 1.165) is 25.1 Å². The van der Waals surface area contributed by atoms with Gasteiger partial charge in [-0.25, -0.2) is 27.2 Å². The van der Waals surface area contributed by atoms with Crippen molar-refractivity contribution in [2.45, 2.75) is 67.3 Å². The standard InChI is InChI=1S/C27H27F2N9O3S2/c28-22(29)24-34-35-26(42-24)38-19-12-16(43(40,41)36-27(13-30)7-8-27)3-4-17(19)20-21(32-14-33-23(20)38)15-5-10-37(11-6-15)25(39)18-2-1-9-31-18/h3-4,12,14-15,18,22,31,36H,1-2,5-11H2/t18-/m0/s1. The smallest absolute Gasteiger partial charge is 0.291 e. The molecule has 1 aromatic carbocycles. The molecule has 3 fully saturated rings. The van der Waals surface area contributed by atoms with Gasteiger partial charge >= 0.3 is 0 Å². The Hall–Kier alpha value is -3.65. The molecule has 1 aliphatic carbocycles. The van der Waals surface area contributed by atoms with Crippen molar-refractivity contribution in [2.24, 2.45) is 0 Å². The van der Waals surface area contributed by atoms with Gasteiger partial charge in [0.2, 0.25) is 21.1 Å². The number of fused-ring (bicyclic) bond motifs is 3. The molecule has 12 nitrogen and oxygen atoms in total. The Morgan fingerprint density at radius 3 is 2.63 bits per heavy atom. The number of carbonyl (C=O) groups excluding carboxylic acids is 1. The molecule has 0 spiro atoms. The highest BCUT2D eigenvalue weighted by atomic mass is 32.2. The Balaban J connectivity index is 1.31. The number of nitrogens with zero attached hydrogens (tertiary/aromatic N) is 7. The zero-order chi connectivity index (χ0) is 29.9. The fourth-order valence-electron chi connectivity index (χ4n) is 6.08. The van der Waals surface area contributed by atoms with Gasteiger partial charge in [0.25, 0.3) is 6.43 Å². The van der Waals surface area contributed by atoms with Crippen molar-refractivity contribution < 1.29 is 22.0 Å². The molecule has 43 heavy (non-hydrogen) atoms. The van der Waals surface area contributed by atoms with E-state index < -0.39 is 27.0 Å². The molecule has 1 saturated carbocycles. The Morgan fingerprint density at radius 2 is 1.98 bits per heavy atom. The summed E-state index contributed by atoms with van der Waals surface area (Å²) in [5.74, 6) is 0.116. The van der Waals surface area contributed by atoms with E-state index in [9.17, 15) is 27.3 Å². The zero-order valence-electron chi connectivity index (χ0n) is 22.8. The number of nitriles is 1. The van der Waals surface area contributed by atoms with Gasteiger partial charge in [-0.15, -0.1) is 10.2 Å². The lowest BCUT2D eigenvalue weighted by atomic mass is 9.90. The van der Waals surface area contributed by atoms with Crippen LogP contribution < -0.4 is 10.0 Å². The molecule has 3 aliphatic rings. The number of benzene rings is 1. The highest BCUT2D eigenvalue weighted by Gasteiger charge is 2.47. The van der Waals surface area contributed by atoms with E-state index in [1.165, 1.54) is 18.5 Å². The van der Waals surface area contributed by atoms with Crippen LogP contribution in [0.5, 0.6) is 0 Å². The second-order valence-corrected chi connectivity index (χ2v) is 13.9. The molecule has 5 heterocycles. The predicted octanol–water partition coefficient (Wildman–Crippen LogP) is 3.16. The normalized spacial score (nSPS) is 20.7. The van der Waals surface area contributed by atoms with Crippen LogP contribution in [0.4, 0.5) is 8.78 Å². The van der Waals surface area contributed by atoms with Crippen LogP contribution in [0.15, 0.2) is 29.4 Å². The molecule has 2 aliphatic heterocycles. The Morgan fingerprint density at radius 1 is 1.19 bits per heavy atom. The van der Waals surface area contributed by atoms with Gasteiger partial charge in [-0.2, -0.15) is 9.98 Å². The summed E-state index contributed by atoms with van der Waals surface area (Å²) in [6, 6.07) is 6.45. The van der Waals surface area contributed by atoms with Crippen molar-refractivity contribution in [1.82, 2.24) is 39.7 Å². The van der Waals surface area contributed by atoms with Crippen LogP contribution in [0.3, 0.4) is 0 Å². The van der Waals surface area contributed by atoms with E-state index in [-0.39, 0.29) is 27.9 Å². The van der Waals surface area contributed by atoms with Crippen molar-refractivity contribution >= 4 is 49.2 Å². The number of likely N-dealkylation sites (tertiary alicyclic amines) is 1. The quantitative estimate of drug-likeness (QED) is 0.314. The van der Waals surface area contributed by atoms with Gasteiger partial charge in [0, 0.05) is 29.8 Å². The van der Waals surface area contributed by atoms with E-state index in [0.29, 0.717) is 72.0 Å².